The molecule has 1 aliphatic rings. The summed E-state index contributed by atoms with van der Waals surface area (Å²) in [7, 11) is 0. The summed E-state index contributed by atoms with van der Waals surface area (Å²) in [5.74, 6) is 0. The maximum absolute atomic E-state index is 12.4. The number of nitrogens with one attached hydrogen (secondary N) is 1. The third-order valence-electron chi connectivity index (χ3n) is 4.13. The van der Waals surface area contributed by atoms with Gasteiger partial charge in [0.15, 0.2) is 0 Å². The number of aliphatic hydroxyl groups excluding tert-OH is 1. The first-order valence-corrected chi connectivity index (χ1v) is 8.19. The molecule has 0 saturated heterocycles. The Kier molecular flexibility index (Phi) is 5.33. The fourth-order valence-corrected chi connectivity index (χ4v) is 2.91. The van der Waals surface area contributed by atoms with Gasteiger partial charge in [0.05, 0.1) is 13.2 Å². The first-order chi connectivity index (χ1) is 11.8. The summed E-state index contributed by atoms with van der Waals surface area (Å²) >= 11 is 0. The molecule has 2 N–H and O–H groups in total. The third kappa shape index (κ3) is 3.86. The van der Waals surface area contributed by atoms with Crippen LogP contribution in [0.15, 0.2) is 48.5 Å². The standard InChI is InChI=1S/C19H22N2O3/c22-12-11-21(19(23)24-14-15-5-2-1-3-6-15)13-17-8-4-7-16-9-10-20-18(16)17/h1-8,20,22H,9-14H2. The normalized spacial score (nSPS) is 12.4. The Bertz CT molecular complexity index is 688. The van der Waals surface area contributed by atoms with Crippen molar-refractivity contribution in [2.24, 2.45) is 0 Å². The van der Waals surface area contributed by atoms with E-state index in [9.17, 15) is 9.90 Å². The predicted molar refractivity (Wildman–Crippen MR) is 92.8 cm³/mol. The molecule has 2 aromatic rings. The van der Waals surface area contributed by atoms with Crippen molar-refractivity contribution < 1.29 is 14.6 Å². The Morgan fingerprint density at radius 2 is 2.00 bits per heavy atom. The first kappa shape index (κ1) is 16.3. The Balaban J connectivity index is 1.66. The second-order valence-corrected chi connectivity index (χ2v) is 5.81. The maximum Gasteiger partial charge on any atom is 0.410 e. The van der Waals surface area contributed by atoms with E-state index in [0.717, 1.165) is 29.8 Å². The van der Waals surface area contributed by atoms with Gasteiger partial charge in [-0.2, -0.15) is 0 Å². The Hall–Kier alpha value is -2.53. The summed E-state index contributed by atoms with van der Waals surface area (Å²) in [5.41, 5.74) is 4.37. The maximum atomic E-state index is 12.4. The molecule has 0 radical (unpaired) electrons. The number of hydrogen-bond acceptors (Lipinski definition) is 4. The topological polar surface area (TPSA) is 61.8 Å². The quantitative estimate of drug-likeness (QED) is 0.857. The molecule has 1 amide bonds. The molecule has 3 rings (SSSR count). The summed E-state index contributed by atoms with van der Waals surface area (Å²) in [6.07, 6.45) is 0.588. The zero-order chi connectivity index (χ0) is 16.8. The van der Waals surface area contributed by atoms with Crippen molar-refractivity contribution in [2.75, 3.05) is 25.0 Å². The number of nitrogens with zero attached hydrogens (tertiary/aromatic N) is 1. The van der Waals surface area contributed by atoms with Gasteiger partial charge < -0.3 is 20.1 Å². The van der Waals surface area contributed by atoms with Crippen LogP contribution in [0.5, 0.6) is 0 Å². The molecule has 5 nitrogen and oxygen atoms in total. The van der Waals surface area contributed by atoms with Gasteiger partial charge in [-0.3, -0.25) is 0 Å². The van der Waals surface area contributed by atoms with E-state index in [4.69, 9.17) is 4.74 Å². The zero-order valence-corrected chi connectivity index (χ0v) is 13.6. The summed E-state index contributed by atoms with van der Waals surface area (Å²) in [5, 5.41) is 12.6. The highest BCUT2D eigenvalue weighted by molar-refractivity contribution is 5.69. The molecule has 24 heavy (non-hydrogen) atoms. The number of aliphatic hydroxyl groups is 1. The van der Waals surface area contributed by atoms with E-state index < -0.39 is 6.09 Å². The number of rotatable bonds is 6. The van der Waals surface area contributed by atoms with Crippen molar-refractivity contribution in [1.82, 2.24) is 4.90 Å². The molecule has 0 aromatic heterocycles. The highest BCUT2D eigenvalue weighted by atomic mass is 16.6. The van der Waals surface area contributed by atoms with Gasteiger partial charge in [-0.25, -0.2) is 4.79 Å². The molecule has 0 unspecified atom stereocenters. The van der Waals surface area contributed by atoms with E-state index in [1.807, 2.05) is 42.5 Å². The summed E-state index contributed by atoms with van der Waals surface area (Å²) in [4.78, 5) is 13.9. The molecule has 0 atom stereocenters. The van der Waals surface area contributed by atoms with Crippen LogP contribution < -0.4 is 5.32 Å². The molecule has 0 saturated carbocycles. The van der Waals surface area contributed by atoms with Gasteiger partial charge in [-0.1, -0.05) is 48.5 Å². The zero-order valence-electron chi connectivity index (χ0n) is 13.6. The smallest absolute Gasteiger partial charge is 0.410 e. The Morgan fingerprint density at radius 3 is 2.79 bits per heavy atom. The van der Waals surface area contributed by atoms with Crippen molar-refractivity contribution in [1.29, 1.82) is 0 Å². The van der Waals surface area contributed by atoms with Crippen molar-refractivity contribution in [3.8, 4) is 0 Å². The van der Waals surface area contributed by atoms with Crippen LogP contribution in [0.25, 0.3) is 0 Å². The van der Waals surface area contributed by atoms with Crippen LogP contribution in [0.2, 0.25) is 0 Å². The van der Waals surface area contributed by atoms with Gasteiger partial charge >= 0.3 is 6.09 Å². The lowest BCUT2D eigenvalue weighted by atomic mass is 10.1. The lowest BCUT2D eigenvalue weighted by molar-refractivity contribution is 0.0859. The van der Waals surface area contributed by atoms with Crippen LogP contribution in [0.4, 0.5) is 10.5 Å². The minimum Gasteiger partial charge on any atom is -0.445 e. The lowest BCUT2D eigenvalue weighted by Gasteiger charge is -2.22. The largest absolute Gasteiger partial charge is 0.445 e. The van der Waals surface area contributed by atoms with Crippen molar-refractivity contribution in [3.05, 3.63) is 65.2 Å². The summed E-state index contributed by atoms with van der Waals surface area (Å²) in [6.45, 7) is 1.72. The number of fused-ring (bicyclic) bond motifs is 1. The van der Waals surface area contributed by atoms with Gasteiger partial charge in [0.25, 0.3) is 0 Å². The SMILES string of the molecule is O=C(OCc1ccccc1)N(CCO)Cc1cccc2c1NCC2. The van der Waals surface area contributed by atoms with Crippen molar-refractivity contribution in [2.45, 2.75) is 19.6 Å². The predicted octanol–water partition coefficient (Wildman–Crippen LogP) is 2.79. The van der Waals surface area contributed by atoms with Crippen LogP contribution in [0, 0.1) is 0 Å². The van der Waals surface area contributed by atoms with Crippen LogP contribution in [0.1, 0.15) is 16.7 Å². The lowest BCUT2D eigenvalue weighted by Crippen LogP contribution is -2.33. The van der Waals surface area contributed by atoms with Crippen LogP contribution in [0.3, 0.4) is 0 Å². The molecule has 126 valence electrons. The molecule has 2 aromatic carbocycles. The van der Waals surface area contributed by atoms with Crippen molar-refractivity contribution in [3.63, 3.8) is 0 Å². The molecule has 1 heterocycles. The molecule has 0 spiro atoms. The molecule has 0 aliphatic carbocycles. The molecule has 1 aliphatic heterocycles. The number of ether oxygens (including phenoxy) is 1. The molecule has 0 bridgehead atoms. The summed E-state index contributed by atoms with van der Waals surface area (Å²) < 4.78 is 5.39. The fraction of sp³-hybridized carbons (Fsp3) is 0.316. The fourth-order valence-electron chi connectivity index (χ4n) is 2.91. The average Bonchev–Trinajstić information content (AvgIpc) is 3.10. The van der Waals surface area contributed by atoms with Gasteiger partial charge in [0.2, 0.25) is 0 Å². The molecular formula is C19H22N2O3. The number of hydrogen-bond donors (Lipinski definition) is 2. The highest BCUT2D eigenvalue weighted by Gasteiger charge is 2.19. The first-order valence-electron chi connectivity index (χ1n) is 8.19. The highest BCUT2D eigenvalue weighted by Crippen LogP contribution is 2.27. The minimum atomic E-state index is -0.413. The molecular weight excluding hydrogens is 304 g/mol. The second-order valence-electron chi connectivity index (χ2n) is 5.81. The van der Waals surface area contributed by atoms with E-state index in [1.54, 1.807) is 4.90 Å². The van der Waals surface area contributed by atoms with Crippen LogP contribution >= 0.6 is 0 Å². The van der Waals surface area contributed by atoms with Gasteiger partial charge in [-0.05, 0) is 23.1 Å². The van der Waals surface area contributed by atoms with Gasteiger partial charge in [-0.15, -0.1) is 0 Å². The van der Waals surface area contributed by atoms with Gasteiger partial charge in [0, 0.05) is 18.8 Å². The number of anilines is 1. The number of carbonyl (C=O) groups excluding carboxylic acids is 1. The Labute approximate surface area is 141 Å². The molecule has 0 fully saturated rings. The van der Waals surface area contributed by atoms with E-state index in [2.05, 4.69) is 11.4 Å². The summed E-state index contributed by atoms with van der Waals surface area (Å²) in [6, 6.07) is 15.7. The van der Waals surface area contributed by atoms with Crippen molar-refractivity contribution >= 4 is 11.8 Å². The number of carbonyl (C=O) groups is 1. The minimum absolute atomic E-state index is 0.0944. The van der Waals surface area contributed by atoms with E-state index in [0.29, 0.717) is 6.54 Å². The average molecular weight is 326 g/mol. The van der Waals surface area contributed by atoms with E-state index >= 15 is 0 Å². The number of amides is 1. The monoisotopic (exact) mass is 326 g/mol. The number of benzene rings is 2. The Morgan fingerprint density at radius 1 is 1.17 bits per heavy atom. The molecule has 5 heteroatoms. The van der Waals surface area contributed by atoms with Gasteiger partial charge in [0.1, 0.15) is 6.61 Å². The second kappa shape index (κ2) is 7.84. The van der Waals surface area contributed by atoms with Crippen LogP contribution in [-0.4, -0.2) is 35.8 Å². The third-order valence-corrected chi connectivity index (χ3v) is 4.13. The van der Waals surface area contributed by atoms with E-state index in [-0.39, 0.29) is 19.8 Å². The van der Waals surface area contributed by atoms with E-state index in [1.165, 1.54) is 5.56 Å². The number of para-hydroxylation sites is 1. The van der Waals surface area contributed by atoms with Crippen LogP contribution in [-0.2, 0) is 24.3 Å².